The van der Waals surface area contributed by atoms with E-state index in [9.17, 15) is 18.8 Å². The summed E-state index contributed by atoms with van der Waals surface area (Å²) in [5.41, 5.74) is 3.10. The Kier molecular flexibility index (Phi) is 6.60. The van der Waals surface area contributed by atoms with Gasteiger partial charge in [-0.15, -0.1) is 0 Å². The Morgan fingerprint density at radius 2 is 1.65 bits per heavy atom. The lowest BCUT2D eigenvalue weighted by atomic mass is 10.1. The van der Waals surface area contributed by atoms with Crippen molar-refractivity contribution in [3.05, 3.63) is 65.0 Å². The van der Waals surface area contributed by atoms with Crippen LogP contribution < -0.4 is 5.32 Å². The summed E-state index contributed by atoms with van der Waals surface area (Å²) in [5, 5.41) is 2.64. The molecule has 0 aliphatic heterocycles. The van der Waals surface area contributed by atoms with Gasteiger partial charge in [-0.1, -0.05) is 6.07 Å². The number of nitrogens with one attached hydrogen (secondary N) is 1. The number of esters is 1. The molecule has 2 aromatic rings. The van der Waals surface area contributed by atoms with Gasteiger partial charge in [-0.25, -0.2) is 4.39 Å². The number of aryl methyl sites for hydroxylation is 2. The average Bonchev–Trinajstić information content (AvgIpc) is 2.61. The minimum absolute atomic E-state index is 0.0662. The van der Waals surface area contributed by atoms with E-state index >= 15 is 0 Å². The molecule has 1 amide bonds. The molecule has 0 radical (unpaired) electrons. The number of amides is 1. The summed E-state index contributed by atoms with van der Waals surface area (Å²) < 4.78 is 17.7. The van der Waals surface area contributed by atoms with Gasteiger partial charge in [0.15, 0.2) is 12.4 Å². The first-order valence-corrected chi connectivity index (χ1v) is 8.16. The molecule has 0 aromatic heterocycles. The van der Waals surface area contributed by atoms with Gasteiger partial charge in [0.1, 0.15) is 5.82 Å². The van der Waals surface area contributed by atoms with Crippen LogP contribution in [0.2, 0.25) is 0 Å². The van der Waals surface area contributed by atoms with Gasteiger partial charge in [0, 0.05) is 17.7 Å². The Balaban J connectivity index is 1.73. The first-order chi connectivity index (χ1) is 12.3. The van der Waals surface area contributed by atoms with E-state index < -0.39 is 24.3 Å². The Hall–Kier alpha value is -3.02. The van der Waals surface area contributed by atoms with Gasteiger partial charge in [-0.2, -0.15) is 0 Å². The number of rotatable bonds is 7. The predicted octanol–water partition coefficient (Wildman–Crippen LogP) is 3.59. The monoisotopic (exact) mass is 357 g/mol. The summed E-state index contributed by atoms with van der Waals surface area (Å²) in [4.78, 5) is 35.4. The molecule has 2 rings (SSSR count). The van der Waals surface area contributed by atoms with E-state index in [4.69, 9.17) is 4.74 Å². The van der Waals surface area contributed by atoms with Crippen molar-refractivity contribution in [2.75, 3.05) is 11.9 Å². The fourth-order valence-electron chi connectivity index (χ4n) is 2.23. The fraction of sp³-hybridized carbons (Fsp3) is 0.250. The molecular weight excluding hydrogens is 337 g/mol. The quantitative estimate of drug-likeness (QED) is 0.607. The van der Waals surface area contributed by atoms with E-state index in [1.165, 1.54) is 24.3 Å². The lowest BCUT2D eigenvalue weighted by Gasteiger charge is -2.08. The molecule has 0 fully saturated rings. The van der Waals surface area contributed by atoms with Crippen LogP contribution in [0.25, 0.3) is 0 Å². The number of hydrogen-bond acceptors (Lipinski definition) is 4. The fourth-order valence-corrected chi connectivity index (χ4v) is 2.23. The second kappa shape index (κ2) is 8.89. The molecule has 2 aromatic carbocycles. The molecular formula is C20H20FNO4. The minimum Gasteiger partial charge on any atom is -0.456 e. The molecule has 0 bridgehead atoms. The molecule has 0 saturated carbocycles. The number of ether oxygens (including phenoxy) is 1. The summed E-state index contributed by atoms with van der Waals surface area (Å²) in [6, 6.07) is 10.6. The first kappa shape index (κ1) is 19.3. The third-order valence-electron chi connectivity index (χ3n) is 3.88. The maximum absolute atomic E-state index is 12.8. The molecule has 5 nitrogen and oxygen atoms in total. The summed E-state index contributed by atoms with van der Waals surface area (Å²) >= 11 is 0. The van der Waals surface area contributed by atoms with Crippen LogP contribution in [-0.2, 0) is 14.3 Å². The largest absolute Gasteiger partial charge is 0.456 e. The van der Waals surface area contributed by atoms with Crippen molar-refractivity contribution in [3.63, 3.8) is 0 Å². The standard InChI is InChI=1S/C20H20FNO4/c1-13-3-8-17(11-14(13)2)22-19(24)12-26-20(25)10-9-18(23)15-4-6-16(21)7-5-15/h3-8,11H,9-10,12H2,1-2H3,(H,22,24). The molecule has 1 N–H and O–H groups in total. The average molecular weight is 357 g/mol. The molecule has 0 aliphatic carbocycles. The molecule has 6 heteroatoms. The second-order valence-electron chi connectivity index (χ2n) is 5.94. The summed E-state index contributed by atoms with van der Waals surface area (Å²) in [5.74, 6) is -1.82. The predicted molar refractivity (Wildman–Crippen MR) is 95.5 cm³/mol. The molecule has 0 aliphatic rings. The van der Waals surface area contributed by atoms with Crippen LogP contribution in [0.4, 0.5) is 10.1 Å². The van der Waals surface area contributed by atoms with Gasteiger partial charge < -0.3 is 10.1 Å². The van der Waals surface area contributed by atoms with Gasteiger partial charge in [-0.3, -0.25) is 14.4 Å². The van der Waals surface area contributed by atoms with Crippen LogP contribution in [0, 0.1) is 19.7 Å². The highest BCUT2D eigenvalue weighted by Crippen LogP contribution is 2.14. The van der Waals surface area contributed by atoms with Gasteiger partial charge in [0.05, 0.1) is 6.42 Å². The highest BCUT2D eigenvalue weighted by Gasteiger charge is 2.12. The topological polar surface area (TPSA) is 72.5 Å². The number of benzene rings is 2. The van der Waals surface area contributed by atoms with E-state index in [0.29, 0.717) is 11.3 Å². The molecule has 0 heterocycles. The summed E-state index contributed by atoms with van der Waals surface area (Å²) in [6.07, 6.45) is -0.212. The second-order valence-corrected chi connectivity index (χ2v) is 5.94. The molecule has 0 atom stereocenters. The zero-order valence-electron chi connectivity index (χ0n) is 14.7. The van der Waals surface area contributed by atoms with E-state index in [1.807, 2.05) is 26.0 Å². The van der Waals surface area contributed by atoms with Crippen molar-refractivity contribution in [1.29, 1.82) is 0 Å². The molecule has 0 saturated heterocycles. The van der Waals surface area contributed by atoms with E-state index in [2.05, 4.69) is 5.32 Å². The maximum Gasteiger partial charge on any atom is 0.306 e. The van der Waals surface area contributed by atoms with Gasteiger partial charge in [-0.05, 0) is 61.4 Å². The lowest BCUT2D eigenvalue weighted by molar-refractivity contribution is -0.147. The lowest BCUT2D eigenvalue weighted by Crippen LogP contribution is -2.21. The van der Waals surface area contributed by atoms with E-state index in [1.54, 1.807) is 6.07 Å². The Morgan fingerprint density at radius 1 is 0.962 bits per heavy atom. The zero-order chi connectivity index (χ0) is 19.1. The molecule has 0 unspecified atom stereocenters. The van der Waals surface area contributed by atoms with Crippen LogP contribution in [0.3, 0.4) is 0 Å². The number of hydrogen-bond donors (Lipinski definition) is 1. The van der Waals surface area contributed by atoms with Crippen molar-refractivity contribution in [3.8, 4) is 0 Å². The smallest absolute Gasteiger partial charge is 0.306 e. The number of carbonyl (C=O) groups excluding carboxylic acids is 3. The highest BCUT2D eigenvalue weighted by atomic mass is 19.1. The Bertz CT molecular complexity index is 815. The Morgan fingerprint density at radius 3 is 2.31 bits per heavy atom. The molecule has 0 spiro atoms. The third-order valence-corrected chi connectivity index (χ3v) is 3.88. The summed E-state index contributed by atoms with van der Waals surface area (Å²) in [7, 11) is 0. The van der Waals surface area contributed by atoms with Crippen LogP contribution in [0.1, 0.15) is 34.3 Å². The molecule has 26 heavy (non-hydrogen) atoms. The third kappa shape index (κ3) is 5.81. The molecule has 136 valence electrons. The van der Waals surface area contributed by atoms with Crippen molar-refractivity contribution in [2.45, 2.75) is 26.7 Å². The highest BCUT2D eigenvalue weighted by molar-refractivity contribution is 5.98. The normalized spacial score (nSPS) is 10.3. The van der Waals surface area contributed by atoms with Crippen molar-refractivity contribution in [2.24, 2.45) is 0 Å². The Labute approximate surface area is 151 Å². The number of Topliss-reactive ketones (excluding diaryl/α,β-unsaturated/α-hetero) is 1. The zero-order valence-corrected chi connectivity index (χ0v) is 14.7. The summed E-state index contributed by atoms with van der Waals surface area (Å²) in [6.45, 7) is 3.48. The SMILES string of the molecule is Cc1ccc(NC(=O)COC(=O)CCC(=O)c2ccc(F)cc2)cc1C. The first-order valence-electron chi connectivity index (χ1n) is 8.16. The van der Waals surface area contributed by atoms with Crippen LogP contribution >= 0.6 is 0 Å². The maximum atomic E-state index is 12.8. The number of ketones is 1. The van der Waals surface area contributed by atoms with Crippen LogP contribution in [0.15, 0.2) is 42.5 Å². The van der Waals surface area contributed by atoms with Crippen LogP contribution in [0.5, 0.6) is 0 Å². The van der Waals surface area contributed by atoms with Crippen molar-refractivity contribution < 1.29 is 23.5 Å². The number of halogens is 1. The van der Waals surface area contributed by atoms with E-state index in [-0.39, 0.29) is 18.6 Å². The number of carbonyl (C=O) groups is 3. The van der Waals surface area contributed by atoms with E-state index in [0.717, 1.165) is 11.1 Å². The van der Waals surface area contributed by atoms with Crippen molar-refractivity contribution in [1.82, 2.24) is 0 Å². The van der Waals surface area contributed by atoms with Crippen molar-refractivity contribution >= 4 is 23.3 Å². The van der Waals surface area contributed by atoms with Gasteiger partial charge in [0.25, 0.3) is 5.91 Å². The van der Waals surface area contributed by atoms with Crippen LogP contribution in [-0.4, -0.2) is 24.3 Å². The minimum atomic E-state index is -0.643. The van der Waals surface area contributed by atoms with Gasteiger partial charge in [0.2, 0.25) is 0 Å². The van der Waals surface area contributed by atoms with Gasteiger partial charge >= 0.3 is 5.97 Å². The number of anilines is 1.